The van der Waals surface area contributed by atoms with Crippen LogP contribution in [0.3, 0.4) is 0 Å². The molecule has 8 nitrogen and oxygen atoms in total. The van der Waals surface area contributed by atoms with Gasteiger partial charge in [-0.05, 0) is 44.9 Å². The minimum absolute atomic E-state index is 0.232. The predicted molar refractivity (Wildman–Crippen MR) is 109 cm³/mol. The monoisotopic (exact) mass is 400 g/mol. The van der Waals surface area contributed by atoms with Crippen molar-refractivity contribution in [1.82, 2.24) is 14.8 Å². The second-order valence-corrected chi connectivity index (χ2v) is 7.16. The number of unbranched alkanes of at least 4 members (excludes halogenated alkanes) is 1. The average Bonchev–Trinajstić information content (AvgIpc) is 3.14. The summed E-state index contributed by atoms with van der Waals surface area (Å²) in [5.74, 6) is 1.45. The molecule has 0 saturated heterocycles. The average molecular weight is 400 g/mol. The molecule has 0 amide bonds. The fourth-order valence-corrected chi connectivity index (χ4v) is 3.24. The van der Waals surface area contributed by atoms with E-state index < -0.39 is 12.0 Å². The van der Waals surface area contributed by atoms with Gasteiger partial charge >= 0.3 is 5.97 Å². The maximum Gasteiger partial charge on any atom is 0.338 e. The molecule has 1 N–H and O–H groups in total. The van der Waals surface area contributed by atoms with Gasteiger partial charge in [-0.25, -0.2) is 9.48 Å². The summed E-state index contributed by atoms with van der Waals surface area (Å²) in [6.07, 6.45) is 3.24. The Hall–Kier alpha value is -3.03. The van der Waals surface area contributed by atoms with Crippen molar-refractivity contribution in [3.8, 4) is 11.5 Å². The normalized spacial score (nSPS) is 15.7. The van der Waals surface area contributed by atoms with Gasteiger partial charge in [-0.1, -0.05) is 19.4 Å². The smallest absolute Gasteiger partial charge is 0.338 e. The first kappa shape index (κ1) is 20.7. The van der Waals surface area contributed by atoms with Crippen molar-refractivity contribution < 1.29 is 19.0 Å². The zero-order valence-electron chi connectivity index (χ0n) is 17.6. The minimum Gasteiger partial charge on any atom is -0.493 e. The Bertz CT molecular complexity index is 904. The van der Waals surface area contributed by atoms with Gasteiger partial charge < -0.3 is 19.5 Å². The number of hydrogen-bond acceptors (Lipinski definition) is 7. The number of allylic oxidation sites excluding steroid dienone is 1. The van der Waals surface area contributed by atoms with E-state index in [9.17, 15) is 4.79 Å². The Morgan fingerprint density at radius 1 is 1.31 bits per heavy atom. The van der Waals surface area contributed by atoms with E-state index in [1.54, 1.807) is 11.8 Å². The van der Waals surface area contributed by atoms with Crippen LogP contribution >= 0.6 is 0 Å². The molecule has 0 spiro atoms. The van der Waals surface area contributed by atoms with E-state index in [2.05, 4.69) is 22.3 Å². The van der Waals surface area contributed by atoms with E-state index in [0.717, 1.165) is 18.4 Å². The van der Waals surface area contributed by atoms with Gasteiger partial charge in [0.2, 0.25) is 5.95 Å². The Morgan fingerprint density at radius 3 is 2.79 bits per heavy atom. The lowest BCUT2D eigenvalue weighted by molar-refractivity contribution is -0.143. The molecule has 0 aliphatic carbocycles. The second-order valence-electron chi connectivity index (χ2n) is 7.16. The van der Waals surface area contributed by atoms with Gasteiger partial charge in [-0.15, -0.1) is 0 Å². The summed E-state index contributed by atoms with van der Waals surface area (Å²) in [7, 11) is 1.60. The highest BCUT2D eigenvalue weighted by Gasteiger charge is 2.35. The van der Waals surface area contributed by atoms with Crippen LogP contribution in [0.1, 0.15) is 52.1 Å². The van der Waals surface area contributed by atoms with Gasteiger partial charge in [-0.2, -0.15) is 10.1 Å². The zero-order valence-corrected chi connectivity index (χ0v) is 17.6. The number of hydrogen-bond donors (Lipinski definition) is 1. The summed E-state index contributed by atoms with van der Waals surface area (Å²) in [4.78, 5) is 17.1. The third kappa shape index (κ3) is 4.36. The van der Waals surface area contributed by atoms with Crippen molar-refractivity contribution in [1.29, 1.82) is 0 Å². The fraction of sp³-hybridized carbons (Fsp3) is 0.476. The van der Waals surface area contributed by atoms with Crippen molar-refractivity contribution in [2.24, 2.45) is 0 Å². The van der Waals surface area contributed by atoms with E-state index in [4.69, 9.17) is 14.2 Å². The molecule has 0 saturated carbocycles. The first-order valence-corrected chi connectivity index (χ1v) is 9.85. The Labute approximate surface area is 170 Å². The van der Waals surface area contributed by atoms with Crippen molar-refractivity contribution in [2.75, 3.05) is 19.0 Å². The van der Waals surface area contributed by atoms with Crippen LogP contribution < -0.4 is 14.8 Å². The number of nitrogens with one attached hydrogen (secondary N) is 1. The van der Waals surface area contributed by atoms with Gasteiger partial charge in [0.05, 0.1) is 25.4 Å². The van der Waals surface area contributed by atoms with Gasteiger partial charge in [0, 0.05) is 5.70 Å². The third-order valence-electron chi connectivity index (χ3n) is 4.62. The Kier molecular flexibility index (Phi) is 6.41. The lowest BCUT2D eigenvalue weighted by Crippen LogP contribution is -2.30. The maximum atomic E-state index is 12.9. The van der Waals surface area contributed by atoms with Gasteiger partial charge in [0.1, 0.15) is 12.4 Å². The molecule has 2 aromatic rings. The van der Waals surface area contributed by atoms with Gasteiger partial charge in [0.15, 0.2) is 11.5 Å². The highest BCUT2D eigenvalue weighted by molar-refractivity contribution is 5.92. The first-order chi connectivity index (χ1) is 14.0. The third-order valence-corrected chi connectivity index (χ3v) is 4.62. The summed E-state index contributed by atoms with van der Waals surface area (Å²) < 4.78 is 18.6. The standard InChI is InChI=1S/C21H28N4O4/c1-6-7-10-28-16-9-8-15(11-17(16)27-5)19-18(20(26)29-13(2)3)14(4)24-21-22-12-23-25(19)21/h8-9,11-13,19H,6-7,10H2,1-5H3,(H,22,23,24). The molecule has 3 rings (SSSR count). The van der Waals surface area contributed by atoms with Crippen LogP contribution in [0.5, 0.6) is 11.5 Å². The van der Waals surface area contributed by atoms with E-state index in [0.29, 0.717) is 35.3 Å². The number of anilines is 1. The summed E-state index contributed by atoms with van der Waals surface area (Å²) in [5, 5.41) is 7.46. The second kappa shape index (κ2) is 8.98. The number of ether oxygens (including phenoxy) is 3. The number of aromatic nitrogens is 3. The van der Waals surface area contributed by atoms with Crippen LogP contribution in [-0.4, -0.2) is 40.6 Å². The SMILES string of the molecule is CCCCOc1ccc(C2C(C(=O)OC(C)C)=C(C)Nc3ncnn32)cc1OC. The largest absolute Gasteiger partial charge is 0.493 e. The van der Waals surface area contributed by atoms with Crippen LogP contribution in [0.25, 0.3) is 0 Å². The molecule has 0 radical (unpaired) electrons. The van der Waals surface area contributed by atoms with E-state index >= 15 is 0 Å². The summed E-state index contributed by atoms with van der Waals surface area (Å²) >= 11 is 0. The molecule has 2 heterocycles. The molecule has 1 aromatic carbocycles. The molecule has 1 atom stereocenters. The Balaban J connectivity index is 2.02. The molecule has 29 heavy (non-hydrogen) atoms. The van der Waals surface area contributed by atoms with E-state index in [1.165, 1.54) is 6.33 Å². The van der Waals surface area contributed by atoms with Crippen LogP contribution in [0.15, 0.2) is 35.8 Å². The molecule has 0 bridgehead atoms. The van der Waals surface area contributed by atoms with Crippen molar-refractivity contribution >= 4 is 11.9 Å². The fourth-order valence-electron chi connectivity index (χ4n) is 3.24. The number of nitrogens with zero attached hydrogens (tertiary/aromatic N) is 3. The van der Waals surface area contributed by atoms with Crippen LogP contribution in [0.2, 0.25) is 0 Å². The zero-order chi connectivity index (χ0) is 21.0. The van der Waals surface area contributed by atoms with Gasteiger partial charge in [-0.3, -0.25) is 0 Å². The van der Waals surface area contributed by atoms with Crippen LogP contribution in [-0.2, 0) is 9.53 Å². The number of benzene rings is 1. The molecular weight excluding hydrogens is 372 g/mol. The molecule has 8 heteroatoms. The van der Waals surface area contributed by atoms with Crippen molar-refractivity contribution in [3.05, 3.63) is 41.4 Å². The van der Waals surface area contributed by atoms with Crippen molar-refractivity contribution in [2.45, 2.75) is 52.7 Å². The Morgan fingerprint density at radius 2 is 2.10 bits per heavy atom. The molecule has 0 fully saturated rings. The van der Waals surface area contributed by atoms with E-state index in [-0.39, 0.29) is 6.10 Å². The molecule has 1 unspecified atom stereocenters. The highest BCUT2D eigenvalue weighted by Crippen LogP contribution is 2.39. The highest BCUT2D eigenvalue weighted by atomic mass is 16.5. The summed E-state index contributed by atoms with van der Waals surface area (Å²) in [6, 6.07) is 5.17. The number of methoxy groups -OCH3 is 1. The lowest BCUT2D eigenvalue weighted by atomic mass is 9.95. The lowest BCUT2D eigenvalue weighted by Gasteiger charge is -2.29. The number of rotatable bonds is 8. The van der Waals surface area contributed by atoms with Crippen molar-refractivity contribution in [3.63, 3.8) is 0 Å². The maximum absolute atomic E-state index is 12.9. The first-order valence-electron chi connectivity index (χ1n) is 9.85. The van der Waals surface area contributed by atoms with Crippen LogP contribution in [0.4, 0.5) is 5.95 Å². The van der Waals surface area contributed by atoms with Crippen LogP contribution in [0, 0.1) is 0 Å². The topological polar surface area (TPSA) is 87.5 Å². The molecule has 1 aliphatic heterocycles. The minimum atomic E-state index is -0.487. The van der Waals surface area contributed by atoms with Gasteiger partial charge in [0.25, 0.3) is 0 Å². The number of fused-ring (bicyclic) bond motifs is 1. The number of carbonyl (C=O) groups excluding carboxylic acids is 1. The predicted octanol–water partition coefficient (Wildman–Crippen LogP) is 3.71. The molecule has 1 aliphatic rings. The number of esters is 1. The quantitative estimate of drug-likeness (QED) is 0.534. The summed E-state index contributed by atoms with van der Waals surface area (Å²) in [5.41, 5.74) is 2.00. The molecule has 156 valence electrons. The molecule has 1 aromatic heterocycles. The van der Waals surface area contributed by atoms with E-state index in [1.807, 2.05) is 39.0 Å². The molecular formula is C21H28N4O4. The number of carbonyl (C=O) groups is 1. The summed E-state index contributed by atoms with van der Waals surface area (Å²) in [6.45, 7) is 8.22.